The Morgan fingerprint density at radius 1 is 1.11 bits per heavy atom. The van der Waals surface area contributed by atoms with Gasteiger partial charge in [-0.25, -0.2) is 0 Å². The lowest BCUT2D eigenvalue weighted by Gasteiger charge is -2.28. The predicted octanol–water partition coefficient (Wildman–Crippen LogP) is 3.97. The van der Waals surface area contributed by atoms with Crippen LogP contribution >= 0.6 is 0 Å². The zero-order valence-electron chi connectivity index (χ0n) is 13.2. The van der Waals surface area contributed by atoms with Gasteiger partial charge in [-0.2, -0.15) is 0 Å². The van der Waals surface area contributed by atoms with Crippen molar-refractivity contribution < 1.29 is 9.29 Å². The fourth-order valence-electron chi connectivity index (χ4n) is 2.60. The van der Waals surface area contributed by atoms with Crippen molar-refractivity contribution in [1.29, 1.82) is 0 Å². The third-order valence-corrected chi connectivity index (χ3v) is 5.95. The SMILES string of the molecule is CC(C)C1C(CC(C)(C)C)OC(C(C)(C)C)[S+]1[O-]. The first-order valence-electron chi connectivity index (χ1n) is 6.98. The van der Waals surface area contributed by atoms with E-state index in [1.165, 1.54) is 0 Å². The van der Waals surface area contributed by atoms with Gasteiger partial charge in [0.25, 0.3) is 0 Å². The van der Waals surface area contributed by atoms with Crippen LogP contribution in [0.3, 0.4) is 0 Å². The Bertz CT molecular complexity index is 275. The van der Waals surface area contributed by atoms with E-state index in [4.69, 9.17) is 4.74 Å². The van der Waals surface area contributed by atoms with Crippen molar-refractivity contribution in [2.75, 3.05) is 0 Å². The fourth-order valence-corrected chi connectivity index (χ4v) is 4.83. The molecule has 0 N–H and O–H groups in total. The third kappa shape index (κ3) is 3.88. The average Bonchev–Trinajstić information content (AvgIpc) is 2.38. The zero-order chi connectivity index (χ0) is 14.3. The van der Waals surface area contributed by atoms with Crippen molar-refractivity contribution in [3.05, 3.63) is 0 Å². The molecular formula is C15H30O2S. The van der Waals surface area contributed by atoms with E-state index in [1.54, 1.807) is 0 Å². The van der Waals surface area contributed by atoms with Gasteiger partial charge in [0.2, 0.25) is 5.44 Å². The molecule has 4 unspecified atom stereocenters. The molecule has 0 saturated carbocycles. The minimum absolute atomic E-state index is 0.0510. The second kappa shape index (κ2) is 5.34. The number of rotatable bonds is 2. The Balaban J connectivity index is 2.90. The molecule has 0 radical (unpaired) electrons. The van der Waals surface area contributed by atoms with Crippen LogP contribution in [-0.2, 0) is 15.9 Å². The number of hydrogen-bond acceptors (Lipinski definition) is 2. The lowest BCUT2D eigenvalue weighted by atomic mass is 9.86. The maximum Gasteiger partial charge on any atom is 0.221 e. The molecule has 1 heterocycles. The van der Waals surface area contributed by atoms with Crippen LogP contribution in [-0.4, -0.2) is 21.3 Å². The molecule has 0 aliphatic carbocycles. The highest BCUT2D eigenvalue weighted by Crippen LogP contribution is 2.43. The Hall–Kier alpha value is 0.270. The van der Waals surface area contributed by atoms with Crippen LogP contribution in [0.1, 0.15) is 61.8 Å². The zero-order valence-corrected chi connectivity index (χ0v) is 14.1. The normalized spacial score (nSPS) is 34.3. The summed E-state index contributed by atoms with van der Waals surface area (Å²) in [4.78, 5) is 0. The summed E-state index contributed by atoms with van der Waals surface area (Å²) in [6, 6.07) is 0. The molecule has 0 amide bonds. The molecule has 18 heavy (non-hydrogen) atoms. The fraction of sp³-hybridized carbons (Fsp3) is 1.00. The topological polar surface area (TPSA) is 32.3 Å². The van der Waals surface area contributed by atoms with Crippen LogP contribution in [0.4, 0.5) is 0 Å². The smallest absolute Gasteiger partial charge is 0.221 e. The van der Waals surface area contributed by atoms with E-state index in [0.717, 1.165) is 6.42 Å². The maximum absolute atomic E-state index is 12.7. The molecule has 4 atom stereocenters. The molecular weight excluding hydrogens is 244 g/mol. The Kier molecular flexibility index (Phi) is 4.84. The number of hydrogen-bond donors (Lipinski definition) is 0. The van der Waals surface area contributed by atoms with Crippen LogP contribution in [0, 0.1) is 16.7 Å². The molecule has 0 bridgehead atoms. The first kappa shape index (κ1) is 16.3. The third-order valence-electron chi connectivity index (χ3n) is 3.32. The van der Waals surface area contributed by atoms with E-state index in [0.29, 0.717) is 5.92 Å². The van der Waals surface area contributed by atoms with E-state index >= 15 is 0 Å². The molecule has 0 aromatic heterocycles. The van der Waals surface area contributed by atoms with Crippen molar-refractivity contribution in [2.24, 2.45) is 16.7 Å². The largest absolute Gasteiger partial charge is 0.614 e. The van der Waals surface area contributed by atoms with Crippen LogP contribution in [0.2, 0.25) is 0 Å². The molecule has 1 saturated heterocycles. The molecule has 1 aliphatic heterocycles. The molecule has 1 fully saturated rings. The van der Waals surface area contributed by atoms with E-state index in [1.807, 2.05) is 0 Å². The minimum atomic E-state index is -0.885. The second-order valence-electron chi connectivity index (χ2n) is 8.17. The maximum atomic E-state index is 12.7. The summed E-state index contributed by atoms with van der Waals surface area (Å²) < 4.78 is 18.9. The van der Waals surface area contributed by atoms with Crippen LogP contribution in [0.15, 0.2) is 0 Å². The van der Waals surface area contributed by atoms with Gasteiger partial charge < -0.3 is 9.29 Å². The van der Waals surface area contributed by atoms with Crippen LogP contribution in [0.5, 0.6) is 0 Å². The van der Waals surface area contributed by atoms with Crippen molar-refractivity contribution in [1.82, 2.24) is 0 Å². The van der Waals surface area contributed by atoms with Gasteiger partial charge in [-0.1, -0.05) is 55.4 Å². The molecule has 0 spiro atoms. The van der Waals surface area contributed by atoms with Crippen LogP contribution < -0.4 is 0 Å². The van der Waals surface area contributed by atoms with E-state index in [9.17, 15) is 4.55 Å². The van der Waals surface area contributed by atoms with Gasteiger partial charge in [0.05, 0.1) is 0 Å². The summed E-state index contributed by atoms with van der Waals surface area (Å²) >= 11 is -0.885. The average molecular weight is 274 g/mol. The molecule has 1 rings (SSSR count). The van der Waals surface area contributed by atoms with E-state index in [-0.39, 0.29) is 27.6 Å². The number of ether oxygens (including phenoxy) is 1. The van der Waals surface area contributed by atoms with E-state index < -0.39 is 11.2 Å². The van der Waals surface area contributed by atoms with Gasteiger partial charge in [-0.15, -0.1) is 0 Å². The van der Waals surface area contributed by atoms with Crippen molar-refractivity contribution in [3.8, 4) is 0 Å². The second-order valence-corrected chi connectivity index (χ2v) is 9.80. The first-order chi connectivity index (χ1) is 7.93. The highest BCUT2D eigenvalue weighted by atomic mass is 32.2. The van der Waals surface area contributed by atoms with Gasteiger partial charge in [0, 0.05) is 11.3 Å². The van der Waals surface area contributed by atoms with Gasteiger partial charge >= 0.3 is 0 Å². The van der Waals surface area contributed by atoms with E-state index in [2.05, 4.69) is 55.4 Å². The monoisotopic (exact) mass is 274 g/mol. The predicted molar refractivity (Wildman–Crippen MR) is 79.0 cm³/mol. The van der Waals surface area contributed by atoms with Gasteiger partial charge in [0.1, 0.15) is 11.4 Å². The summed E-state index contributed by atoms with van der Waals surface area (Å²) in [7, 11) is 0. The first-order valence-corrected chi connectivity index (χ1v) is 8.26. The lowest BCUT2D eigenvalue weighted by molar-refractivity contribution is -0.0199. The Morgan fingerprint density at radius 2 is 1.61 bits per heavy atom. The highest BCUT2D eigenvalue weighted by molar-refractivity contribution is 7.92. The summed E-state index contributed by atoms with van der Waals surface area (Å²) in [5, 5.41) is 0.174. The van der Waals surface area contributed by atoms with Crippen molar-refractivity contribution >= 4 is 11.2 Å². The van der Waals surface area contributed by atoms with Gasteiger partial charge in [-0.3, -0.25) is 0 Å². The Morgan fingerprint density at radius 3 is 1.94 bits per heavy atom. The highest BCUT2D eigenvalue weighted by Gasteiger charge is 2.53. The lowest BCUT2D eigenvalue weighted by Crippen LogP contribution is -2.37. The molecule has 108 valence electrons. The minimum Gasteiger partial charge on any atom is -0.614 e. The molecule has 0 aromatic carbocycles. The summed E-state index contributed by atoms with van der Waals surface area (Å²) in [6.07, 6.45) is 1.11. The summed E-state index contributed by atoms with van der Waals surface area (Å²) in [6.45, 7) is 17.3. The van der Waals surface area contributed by atoms with Gasteiger partial charge in [0.15, 0.2) is 0 Å². The summed E-state index contributed by atoms with van der Waals surface area (Å²) in [5.41, 5.74) is 0.0385. The van der Waals surface area contributed by atoms with Crippen LogP contribution in [0.25, 0.3) is 0 Å². The molecule has 1 aliphatic rings. The molecule has 2 nitrogen and oxygen atoms in total. The molecule has 0 aromatic rings. The Labute approximate surface area is 116 Å². The van der Waals surface area contributed by atoms with Gasteiger partial charge in [-0.05, 0) is 23.0 Å². The standard InChI is InChI=1S/C15H30O2S/c1-10(2)12-11(9-14(3,4)5)17-13(18(12)16)15(6,7)8/h10-13H,9H2,1-8H3. The quantitative estimate of drug-likeness (QED) is 0.714. The molecule has 3 heteroatoms. The van der Waals surface area contributed by atoms with Crippen molar-refractivity contribution in [2.45, 2.75) is 78.6 Å². The summed E-state index contributed by atoms with van der Waals surface area (Å²) in [5.74, 6) is 0.408. The van der Waals surface area contributed by atoms with Crippen molar-refractivity contribution in [3.63, 3.8) is 0 Å².